The van der Waals surface area contributed by atoms with E-state index in [1.165, 1.54) is 16.8 Å². The van der Waals surface area contributed by atoms with Crippen LogP contribution in [-0.2, 0) is 4.74 Å². The van der Waals surface area contributed by atoms with Crippen LogP contribution >= 0.6 is 0 Å². The first kappa shape index (κ1) is 15.5. The first-order valence-electron chi connectivity index (χ1n) is 7.42. The molecular formula is C16H19FN4O2. The molecule has 1 atom stereocenters. The van der Waals surface area contributed by atoms with Crippen molar-refractivity contribution in [3.63, 3.8) is 0 Å². The van der Waals surface area contributed by atoms with Crippen LogP contribution in [0.15, 0.2) is 36.5 Å². The molecule has 0 bridgehead atoms. The van der Waals surface area contributed by atoms with Crippen molar-refractivity contribution in [2.24, 2.45) is 5.41 Å². The van der Waals surface area contributed by atoms with Crippen molar-refractivity contribution >= 4 is 11.8 Å². The predicted molar refractivity (Wildman–Crippen MR) is 84.1 cm³/mol. The highest BCUT2D eigenvalue weighted by atomic mass is 19.1. The number of hydrogen-bond donors (Lipinski definition) is 2. The van der Waals surface area contributed by atoms with Crippen LogP contribution in [-0.4, -0.2) is 35.1 Å². The molecule has 6 nitrogen and oxygen atoms in total. The minimum Gasteiger partial charge on any atom is -0.375 e. The Morgan fingerprint density at radius 2 is 2.13 bits per heavy atom. The van der Waals surface area contributed by atoms with Gasteiger partial charge >= 0.3 is 6.03 Å². The molecule has 0 saturated carbocycles. The van der Waals surface area contributed by atoms with Crippen molar-refractivity contribution < 1.29 is 13.9 Å². The number of urea groups is 1. The van der Waals surface area contributed by atoms with Crippen LogP contribution in [0.4, 0.5) is 15.0 Å². The van der Waals surface area contributed by atoms with Gasteiger partial charge in [-0.15, -0.1) is 0 Å². The molecule has 1 aliphatic heterocycles. The summed E-state index contributed by atoms with van der Waals surface area (Å²) in [6.45, 7) is 5.36. The van der Waals surface area contributed by atoms with Crippen molar-refractivity contribution in [3.8, 4) is 5.69 Å². The molecule has 1 fully saturated rings. The Morgan fingerprint density at radius 3 is 2.74 bits per heavy atom. The van der Waals surface area contributed by atoms with Gasteiger partial charge < -0.3 is 10.1 Å². The van der Waals surface area contributed by atoms with Gasteiger partial charge in [0, 0.05) is 18.0 Å². The number of nitrogens with one attached hydrogen (secondary N) is 2. The molecule has 1 aromatic heterocycles. The zero-order valence-electron chi connectivity index (χ0n) is 13.0. The fourth-order valence-electron chi connectivity index (χ4n) is 2.40. The standard InChI is InChI=1S/C16H19FN4O2/c1-16(2)10-23-13(16)9-18-15(22)20-14-7-8-19-21(14)12-5-3-11(17)4-6-12/h3-8,13H,9-10H2,1-2H3,(H2,18,20,22). The Labute approximate surface area is 133 Å². The summed E-state index contributed by atoms with van der Waals surface area (Å²) in [5, 5.41) is 9.67. The van der Waals surface area contributed by atoms with E-state index in [0.717, 1.165) is 0 Å². The van der Waals surface area contributed by atoms with Crippen LogP contribution in [0.2, 0.25) is 0 Å². The summed E-state index contributed by atoms with van der Waals surface area (Å²) >= 11 is 0. The van der Waals surface area contributed by atoms with Crippen LogP contribution in [0.1, 0.15) is 13.8 Å². The molecule has 0 radical (unpaired) electrons. The largest absolute Gasteiger partial charge is 0.375 e. The SMILES string of the molecule is CC1(C)COC1CNC(=O)Nc1ccnn1-c1ccc(F)cc1. The Morgan fingerprint density at radius 1 is 1.39 bits per heavy atom. The molecule has 1 aliphatic rings. The Bertz CT molecular complexity index is 696. The van der Waals surface area contributed by atoms with Gasteiger partial charge in [0.15, 0.2) is 0 Å². The number of amides is 2. The Kier molecular flexibility index (Phi) is 4.04. The minimum absolute atomic E-state index is 0.0234. The summed E-state index contributed by atoms with van der Waals surface area (Å²) in [7, 11) is 0. The third kappa shape index (κ3) is 3.34. The van der Waals surface area contributed by atoms with E-state index in [2.05, 4.69) is 29.6 Å². The number of ether oxygens (including phenoxy) is 1. The number of benzene rings is 1. The molecule has 0 spiro atoms. The van der Waals surface area contributed by atoms with E-state index < -0.39 is 0 Å². The number of nitrogens with zero attached hydrogens (tertiary/aromatic N) is 2. The second-order valence-corrected chi connectivity index (χ2v) is 6.23. The molecule has 0 aliphatic carbocycles. The molecule has 2 N–H and O–H groups in total. The maximum atomic E-state index is 13.0. The third-order valence-corrected chi connectivity index (χ3v) is 3.93. The van der Waals surface area contributed by atoms with E-state index in [1.807, 2.05) is 0 Å². The maximum absolute atomic E-state index is 13.0. The second kappa shape index (κ2) is 6.00. The molecule has 2 aromatic rings. The van der Waals surface area contributed by atoms with E-state index in [-0.39, 0.29) is 23.4 Å². The van der Waals surface area contributed by atoms with E-state index in [1.54, 1.807) is 24.4 Å². The number of anilines is 1. The molecule has 7 heteroatoms. The summed E-state index contributed by atoms with van der Waals surface area (Å²) in [6, 6.07) is 7.22. The molecule has 3 rings (SSSR count). The average molecular weight is 318 g/mol. The Hall–Kier alpha value is -2.41. The zero-order valence-corrected chi connectivity index (χ0v) is 13.0. The quantitative estimate of drug-likeness (QED) is 0.910. The van der Waals surface area contributed by atoms with E-state index in [0.29, 0.717) is 24.7 Å². The predicted octanol–water partition coefficient (Wildman–Crippen LogP) is 2.56. The first-order valence-corrected chi connectivity index (χ1v) is 7.42. The normalized spacial score (nSPS) is 19.0. The molecule has 1 saturated heterocycles. The van der Waals surface area contributed by atoms with Crippen molar-refractivity contribution in [1.82, 2.24) is 15.1 Å². The fourth-order valence-corrected chi connectivity index (χ4v) is 2.40. The van der Waals surface area contributed by atoms with Crippen LogP contribution in [0.5, 0.6) is 0 Å². The first-order chi connectivity index (χ1) is 11.0. The number of hydrogen-bond acceptors (Lipinski definition) is 3. The molecule has 1 aromatic carbocycles. The second-order valence-electron chi connectivity index (χ2n) is 6.23. The summed E-state index contributed by atoms with van der Waals surface area (Å²) in [5.41, 5.74) is 0.749. The number of rotatable bonds is 4. The van der Waals surface area contributed by atoms with Crippen molar-refractivity contribution in [2.45, 2.75) is 20.0 Å². The molecule has 1 unspecified atom stereocenters. The molecule has 23 heavy (non-hydrogen) atoms. The van der Waals surface area contributed by atoms with Gasteiger partial charge in [-0.1, -0.05) is 13.8 Å². The molecule has 2 amide bonds. The van der Waals surface area contributed by atoms with E-state index >= 15 is 0 Å². The lowest BCUT2D eigenvalue weighted by atomic mass is 9.82. The lowest BCUT2D eigenvalue weighted by Crippen LogP contribution is -2.53. The van der Waals surface area contributed by atoms with Crippen molar-refractivity contribution in [2.75, 3.05) is 18.5 Å². The lowest BCUT2D eigenvalue weighted by Gasteiger charge is -2.44. The van der Waals surface area contributed by atoms with Crippen molar-refractivity contribution in [1.29, 1.82) is 0 Å². The zero-order chi connectivity index (χ0) is 16.4. The highest BCUT2D eigenvalue weighted by Crippen LogP contribution is 2.33. The van der Waals surface area contributed by atoms with Gasteiger partial charge in [0.2, 0.25) is 0 Å². The molecular weight excluding hydrogens is 299 g/mol. The smallest absolute Gasteiger partial charge is 0.320 e. The van der Waals surface area contributed by atoms with Gasteiger partial charge in [-0.3, -0.25) is 5.32 Å². The topological polar surface area (TPSA) is 68.2 Å². The highest BCUT2D eigenvalue weighted by molar-refractivity contribution is 5.88. The highest BCUT2D eigenvalue weighted by Gasteiger charge is 2.39. The minimum atomic E-state index is -0.333. The van der Waals surface area contributed by atoms with Gasteiger partial charge in [-0.25, -0.2) is 13.9 Å². The van der Waals surface area contributed by atoms with Crippen LogP contribution in [0.3, 0.4) is 0 Å². The summed E-state index contributed by atoms with van der Waals surface area (Å²) in [4.78, 5) is 12.0. The third-order valence-electron chi connectivity index (χ3n) is 3.93. The number of halogens is 1. The monoisotopic (exact) mass is 318 g/mol. The van der Waals surface area contributed by atoms with Gasteiger partial charge in [0.05, 0.1) is 24.6 Å². The number of carbonyl (C=O) groups excluding carboxylic acids is 1. The molecule has 122 valence electrons. The summed E-state index contributed by atoms with van der Waals surface area (Å²) < 4.78 is 20.0. The summed E-state index contributed by atoms with van der Waals surface area (Å²) in [5.74, 6) is 0.180. The average Bonchev–Trinajstić information content (AvgIpc) is 2.95. The van der Waals surface area contributed by atoms with E-state index in [4.69, 9.17) is 4.74 Å². The summed E-state index contributed by atoms with van der Waals surface area (Å²) in [6.07, 6.45) is 1.59. The van der Waals surface area contributed by atoms with Crippen LogP contribution in [0.25, 0.3) is 5.69 Å². The van der Waals surface area contributed by atoms with Crippen LogP contribution < -0.4 is 10.6 Å². The fraction of sp³-hybridized carbons (Fsp3) is 0.375. The molecule has 2 heterocycles. The van der Waals surface area contributed by atoms with Gasteiger partial charge in [-0.2, -0.15) is 5.10 Å². The Balaban J connectivity index is 1.61. The van der Waals surface area contributed by atoms with Gasteiger partial charge in [-0.05, 0) is 24.3 Å². The lowest BCUT2D eigenvalue weighted by molar-refractivity contribution is -0.163. The number of carbonyl (C=O) groups is 1. The maximum Gasteiger partial charge on any atom is 0.320 e. The van der Waals surface area contributed by atoms with Crippen LogP contribution in [0, 0.1) is 11.2 Å². The van der Waals surface area contributed by atoms with Crippen molar-refractivity contribution in [3.05, 3.63) is 42.3 Å². The van der Waals surface area contributed by atoms with E-state index in [9.17, 15) is 9.18 Å². The number of aromatic nitrogens is 2. The van der Waals surface area contributed by atoms with Gasteiger partial charge in [0.1, 0.15) is 11.6 Å². The van der Waals surface area contributed by atoms with Gasteiger partial charge in [0.25, 0.3) is 0 Å².